The Morgan fingerprint density at radius 3 is 2.88 bits per heavy atom. The number of rotatable bonds is 2. The zero-order valence-electron chi connectivity index (χ0n) is 13.7. The highest BCUT2D eigenvalue weighted by Crippen LogP contribution is 2.56. The first-order chi connectivity index (χ1) is 12.0. The third-order valence-electron chi connectivity index (χ3n) is 5.43. The summed E-state index contributed by atoms with van der Waals surface area (Å²) in [5.41, 5.74) is 5.37. The van der Waals surface area contributed by atoms with Crippen molar-refractivity contribution in [2.75, 3.05) is 25.0 Å². The van der Waals surface area contributed by atoms with Crippen molar-refractivity contribution in [3.63, 3.8) is 0 Å². The van der Waals surface area contributed by atoms with E-state index in [4.69, 9.17) is 10.5 Å². The molecule has 2 aliphatic heterocycles. The lowest BCUT2D eigenvalue weighted by Gasteiger charge is -2.40. The molecular formula is C17H20N4O4. The van der Waals surface area contributed by atoms with Crippen LogP contribution in [-0.2, 0) is 14.3 Å². The number of nitrogens with one attached hydrogen (secondary N) is 1. The van der Waals surface area contributed by atoms with Crippen LogP contribution in [0.4, 0.5) is 5.69 Å². The van der Waals surface area contributed by atoms with Gasteiger partial charge in [-0.15, -0.1) is 0 Å². The van der Waals surface area contributed by atoms with E-state index < -0.39 is 17.7 Å². The molecule has 3 N–H and O–H groups in total. The van der Waals surface area contributed by atoms with Crippen LogP contribution in [0.15, 0.2) is 18.5 Å². The third kappa shape index (κ3) is 2.86. The minimum absolute atomic E-state index is 0.168. The molecule has 8 heteroatoms. The fraction of sp³-hybridized carbons (Fsp3) is 0.529. The van der Waals surface area contributed by atoms with Gasteiger partial charge in [0.2, 0.25) is 5.91 Å². The number of pyridine rings is 1. The van der Waals surface area contributed by atoms with Gasteiger partial charge >= 0.3 is 11.8 Å². The van der Waals surface area contributed by atoms with E-state index in [9.17, 15) is 14.4 Å². The summed E-state index contributed by atoms with van der Waals surface area (Å²) < 4.78 is 5.98. The smallest absolute Gasteiger partial charge is 0.313 e. The number of anilines is 1. The van der Waals surface area contributed by atoms with Gasteiger partial charge in [0.25, 0.3) is 0 Å². The number of aromatic nitrogens is 1. The lowest BCUT2D eigenvalue weighted by Crippen LogP contribution is -2.54. The Morgan fingerprint density at radius 2 is 2.20 bits per heavy atom. The number of carbonyl (C=O) groups excluding carboxylic acids is 3. The molecule has 3 fully saturated rings. The van der Waals surface area contributed by atoms with Crippen LogP contribution in [-0.4, -0.2) is 52.9 Å². The van der Waals surface area contributed by atoms with Gasteiger partial charge in [0.05, 0.1) is 36.2 Å². The Morgan fingerprint density at radius 1 is 1.36 bits per heavy atom. The summed E-state index contributed by atoms with van der Waals surface area (Å²) in [6.45, 7) is 1.79. The van der Waals surface area contributed by atoms with Crippen molar-refractivity contribution in [3.8, 4) is 0 Å². The number of ether oxygens (including phenoxy) is 1. The van der Waals surface area contributed by atoms with Crippen LogP contribution in [0.25, 0.3) is 0 Å². The lowest BCUT2D eigenvalue weighted by molar-refractivity contribution is -0.149. The predicted molar refractivity (Wildman–Crippen MR) is 87.5 cm³/mol. The van der Waals surface area contributed by atoms with Crippen LogP contribution >= 0.6 is 0 Å². The fourth-order valence-electron chi connectivity index (χ4n) is 4.07. The molecule has 3 atom stereocenters. The first-order valence-electron chi connectivity index (χ1n) is 8.47. The van der Waals surface area contributed by atoms with E-state index in [1.165, 1.54) is 24.9 Å². The van der Waals surface area contributed by atoms with E-state index in [-0.39, 0.29) is 16.9 Å². The Labute approximate surface area is 144 Å². The van der Waals surface area contributed by atoms with E-state index in [1.807, 2.05) is 0 Å². The molecule has 0 bridgehead atoms. The first kappa shape index (κ1) is 16.0. The summed E-state index contributed by atoms with van der Waals surface area (Å²) >= 11 is 0. The normalized spacial score (nSPS) is 30.0. The van der Waals surface area contributed by atoms with Gasteiger partial charge in [-0.05, 0) is 37.2 Å². The zero-order valence-corrected chi connectivity index (χ0v) is 13.7. The topological polar surface area (TPSA) is 115 Å². The van der Waals surface area contributed by atoms with Gasteiger partial charge in [0, 0.05) is 12.7 Å². The Balaban J connectivity index is 1.42. The maximum atomic E-state index is 12.5. The van der Waals surface area contributed by atoms with Crippen molar-refractivity contribution in [2.45, 2.75) is 24.9 Å². The van der Waals surface area contributed by atoms with Gasteiger partial charge in [-0.1, -0.05) is 0 Å². The molecule has 1 aromatic rings. The summed E-state index contributed by atoms with van der Waals surface area (Å²) in [5, 5.41) is 2.49. The van der Waals surface area contributed by atoms with Gasteiger partial charge in [-0.2, -0.15) is 0 Å². The van der Waals surface area contributed by atoms with Gasteiger partial charge < -0.3 is 20.7 Å². The van der Waals surface area contributed by atoms with Crippen molar-refractivity contribution in [1.82, 2.24) is 9.88 Å². The molecule has 8 nitrogen and oxygen atoms in total. The SMILES string of the molecule is NC(=O)c1cncc(NC(=O)C(=O)N2CCCC3(C2)OC[C@H]2C[C@H]23)c1. The molecule has 3 aliphatic rings. The monoisotopic (exact) mass is 344 g/mol. The number of piperidine rings is 1. The second-order valence-electron chi connectivity index (χ2n) is 7.09. The second-order valence-corrected chi connectivity index (χ2v) is 7.09. The summed E-state index contributed by atoms with van der Waals surface area (Å²) in [5.74, 6) is -0.818. The van der Waals surface area contributed by atoms with Crippen molar-refractivity contribution in [2.24, 2.45) is 17.6 Å². The maximum absolute atomic E-state index is 12.5. The van der Waals surface area contributed by atoms with Gasteiger partial charge in [-0.3, -0.25) is 19.4 Å². The van der Waals surface area contributed by atoms with E-state index >= 15 is 0 Å². The van der Waals surface area contributed by atoms with Crippen LogP contribution in [0.1, 0.15) is 29.6 Å². The van der Waals surface area contributed by atoms with Gasteiger partial charge in [0.1, 0.15) is 0 Å². The van der Waals surface area contributed by atoms with Crippen molar-refractivity contribution in [1.29, 1.82) is 0 Å². The van der Waals surface area contributed by atoms with Crippen molar-refractivity contribution in [3.05, 3.63) is 24.0 Å². The van der Waals surface area contributed by atoms with Gasteiger partial charge in [-0.25, -0.2) is 0 Å². The van der Waals surface area contributed by atoms with Crippen LogP contribution in [0.2, 0.25) is 0 Å². The lowest BCUT2D eigenvalue weighted by atomic mass is 9.88. The molecular weight excluding hydrogens is 324 g/mol. The van der Waals surface area contributed by atoms with Crippen molar-refractivity contribution < 1.29 is 19.1 Å². The highest BCUT2D eigenvalue weighted by atomic mass is 16.5. The molecule has 3 heterocycles. The van der Waals surface area contributed by atoms with Crippen molar-refractivity contribution >= 4 is 23.4 Å². The van der Waals surface area contributed by atoms with E-state index in [1.54, 1.807) is 4.90 Å². The average molecular weight is 344 g/mol. The average Bonchev–Trinajstić information content (AvgIpc) is 3.34. The summed E-state index contributed by atoms with van der Waals surface area (Å²) in [4.78, 5) is 41.4. The molecule has 25 heavy (non-hydrogen) atoms. The van der Waals surface area contributed by atoms with Crippen LogP contribution in [0.5, 0.6) is 0 Å². The maximum Gasteiger partial charge on any atom is 0.313 e. The molecule has 0 radical (unpaired) electrons. The van der Waals surface area contributed by atoms with Gasteiger partial charge in [0.15, 0.2) is 0 Å². The molecule has 132 valence electrons. The number of primary amides is 1. The molecule has 2 saturated heterocycles. The van der Waals surface area contributed by atoms with E-state index in [0.29, 0.717) is 24.9 Å². The number of carbonyl (C=O) groups is 3. The Kier molecular flexibility index (Phi) is 3.72. The number of likely N-dealkylation sites (tertiary alicyclic amines) is 1. The summed E-state index contributed by atoms with van der Waals surface area (Å²) in [6, 6.07) is 1.40. The minimum Gasteiger partial charge on any atom is -0.373 e. The zero-order chi connectivity index (χ0) is 17.6. The molecule has 1 aliphatic carbocycles. The van der Waals surface area contributed by atoms with Crippen LogP contribution in [0, 0.1) is 11.8 Å². The molecule has 1 spiro atoms. The quantitative estimate of drug-likeness (QED) is 0.741. The van der Waals surface area contributed by atoms with E-state index in [2.05, 4.69) is 10.3 Å². The predicted octanol–water partition coefficient (Wildman–Crippen LogP) is 0.146. The first-order valence-corrected chi connectivity index (χ1v) is 8.47. The molecule has 1 aromatic heterocycles. The number of amides is 3. The molecule has 3 amide bonds. The molecule has 0 aromatic carbocycles. The van der Waals surface area contributed by atoms with E-state index in [0.717, 1.165) is 19.4 Å². The van der Waals surface area contributed by atoms with Crippen LogP contribution < -0.4 is 11.1 Å². The number of nitrogens with zero attached hydrogens (tertiary/aromatic N) is 2. The standard InChI is InChI=1S/C17H20N4O4/c18-14(22)10-4-12(7-19-6-10)20-15(23)16(24)21-3-1-2-17(9-21)13-5-11(13)8-25-17/h4,6-7,11,13H,1-3,5,8-9H2,(H2,18,22)(H,20,23)/t11-,13-,17?/m1/s1. The number of hydrogen-bond acceptors (Lipinski definition) is 5. The Hall–Kier alpha value is -2.48. The highest BCUT2D eigenvalue weighted by Gasteiger charge is 2.60. The molecule has 1 unspecified atom stereocenters. The molecule has 1 saturated carbocycles. The second kappa shape index (κ2) is 5.80. The Bertz CT molecular complexity index is 752. The fourth-order valence-corrected chi connectivity index (χ4v) is 4.07. The third-order valence-corrected chi connectivity index (χ3v) is 5.43. The largest absolute Gasteiger partial charge is 0.373 e. The highest BCUT2D eigenvalue weighted by molar-refractivity contribution is 6.39. The van der Waals surface area contributed by atoms with Crippen LogP contribution in [0.3, 0.4) is 0 Å². The summed E-state index contributed by atoms with van der Waals surface area (Å²) in [7, 11) is 0. The number of hydrogen-bond donors (Lipinski definition) is 2. The minimum atomic E-state index is -0.745. The molecule has 4 rings (SSSR count). The number of nitrogens with two attached hydrogens (primary N) is 1. The summed E-state index contributed by atoms with van der Waals surface area (Å²) in [6.07, 6.45) is 5.62. The number of fused-ring (bicyclic) bond motifs is 2.